The van der Waals surface area contributed by atoms with Crippen molar-refractivity contribution in [1.82, 2.24) is 4.90 Å². The summed E-state index contributed by atoms with van der Waals surface area (Å²) in [6.45, 7) is 1.38. The monoisotopic (exact) mass is 344 g/mol. The molecule has 0 aromatic rings. The van der Waals surface area contributed by atoms with E-state index >= 15 is 0 Å². The smallest absolute Gasteiger partial charge is 0.355 e. The Bertz CT molecular complexity index is 463. The zero-order chi connectivity index (χ0) is 14.4. The van der Waals surface area contributed by atoms with Crippen molar-refractivity contribution < 1.29 is 14.3 Å². The minimum atomic E-state index is -1.68. The number of fused-ring (bicyclic) bond motifs is 1. The Kier molecular flexibility index (Phi) is 4.28. The molecule has 0 aromatic carbocycles. The molecule has 0 aromatic heterocycles. The number of nitrogens with two attached hydrogens (primary N) is 1. The highest BCUT2D eigenvalue weighted by Gasteiger charge is 2.51. The van der Waals surface area contributed by atoms with E-state index in [1.807, 2.05) is 0 Å². The first-order chi connectivity index (χ1) is 8.72. The molecule has 106 valence electrons. The second-order valence-corrected chi connectivity index (χ2v) is 7.88. The molecule has 0 spiro atoms. The van der Waals surface area contributed by atoms with Gasteiger partial charge in [0.15, 0.2) is 0 Å². The molecule has 5 nitrogen and oxygen atoms in total. The first-order valence-electron chi connectivity index (χ1n) is 5.36. The molecule has 0 saturated carbocycles. The van der Waals surface area contributed by atoms with Gasteiger partial charge in [-0.2, -0.15) is 0 Å². The van der Waals surface area contributed by atoms with Gasteiger partial charge in [-0.15, -0.1) is 11.8 Å². The third-order valence-electron chi connectivity index (χ3n) is 2.76. The van der Waals surface area contributed by atoms with Crippen LogP contribution in [0.5, 0.6) is 0 Å². The second-order valence-electron chi connectivity index (χ2n) is 4.26. The van der Waals surface area contributed by atoms with E-state index in [0.29, 0.717) is 5.75 Å². The second kappa shape index (κ2) is 5.33. The molecule has 2 aliphatic heterocycles. The Labute approximate surface area is 129 Å². The van der Waals surface area contributed by atoms with Gasteiger partial charge in [-0.05, 0) is 12.5 Å². The van der Waals surface area contributed by atoms with Crippen LogP contribution in [0.4, 0.5) is 0 Å². The molecule has 2 N–H and O–H groups in total. The molecular formula is C10H11Cl3N2O3S. The molecule has 19 heavy (non-hydrogen) atoms. The van der Waals surface area contributed by atoms with Crippen molar-refractivity contribution in [1.29, 1.82) is 0 Å². The van der Waals surface area contributed by atoms with E-state index in [4.69, 9.17) is 45.3 Å². The summed E-state index contributed by atoms with van der Waals surface area (Å²) in [5, 5.41) is -0.216. The number of β-lactam (4-membered cyclic amide) rings is 1. The average molecular weight is 346 g/mol. The molecule has 1 fully saturated rings. The van der Waals surface area contributed by atoms with Crippen molar-refractivity contribution in [3.05, 3.63) is 11.3 Å². The van der Waals surface area contributed by atoms with E-state index in [1.165, 1.54) is 16.7 Å². The van der Waals surface area contributed by atoms with E-state index in [1.54, 1.807) is 6.92 Å². The van der Waals surface area contributed by atoms with Crippen LogP contribution in [0.15, 0.2) is 11.3 Å². The molecule has 9 heteroatoms. The lowest BCUT2D eigenvalue weighted by molar-refractivity contribution is -0.150. The number of halogens is 3. The fraction of sp³-hybridized carbons (Fsp3) is 0.600. The highest BCUT2D eigenvalue weighted by Crippen LogP contribution is 2.39. The van der Waals surface area contributed by atoms with Crippen LogP contribution in [0.2, 0.25) is 0 Å². The first-order valence-corrected chi connectivity index (χ1v) is 7.54. The number of alkyl halides is 3. The maximum absolute atomic E-state index is 12.0. The number of carbonyl (C=O) groups excluding carboxylic acids is 2. The predicted octanol–water partition coefficient (Wildman–Crippen LogP) is 1.42. The normalized spacial score (nSPS) is 27.0. The van der Waals surface area contributed by atoms with Crippen LogP contribution in [-0.2, 0) is 14.3 Å². The molecule has 0 bridgehead atoms. The van der Waals surface area contributed by atoms with Gasteiger partial charge in [0.1, 0.15) is 23.7 Å². The standard InChI is InChI=1S/C10H11Cl3N2O3S/c1-4-2-19-8-5(14)7(16)15(8)6(4)9(17)18-3-10(11,12)13/h5,8H,2-3,14H2,1H3/t5-,8+/m1/s1. The van der Waals surface area contributed by atoms with Crippen LogP contribution in [0.3, 0.4) is 0 Å². The van der Waals surface area contributed by atoms with Gasteiger partial charge >= 0.3 is 5.97 Å². The number of hydrogen-bond acceptors (Lipinski definition) is 5. The SMILES string of the molecule is CC1=C(C(=O)OCC(Cl)(Cl)Cl)N2C(=O)[C@@H](N)[C@@H]2SC1. The zero-order valence-electron chi connectivity index (χ0n) is 9.86. The number of ether oxygens (including phenoxy) is 1. The minimum absolute atomic E-state index is 0.213. The molecule has 2 atom stereocenters. The number of amides is 1. The maximum atomic E-state index is 12.0. The third kappa shape index (κ3) is 2.97. The molecule has 2 rings (SSSR count). The van der Waals surface area contributed by atoms with Gasteiger partial charge in [0.25, 0.3) is 0 Å². The molecule has 1 saturated heterocycles. The van der Waals surface area contributed by atoms with E-state index < -0.39 is 15.8 Å². The molecule has 0 unspecified atom stereocenters. The van der Waals surface area contributed by atoms with Gasteiger partial charge in [-0.3, -0.25) is 9.69 Å². The summed E-state index contributed by atoms with van der Waals surface area (Å²) in [4.78, 5) is 25.1. The van der Waals surface area contributed by atoms with Crippen molar-refractivity contribution in [2.24, 2.45) is 5.73 Å². The van der Waals surface area contributed by atoms with Gasteiger partial charge in [0.05, 0.1) is 0 Å². The molecule has 2 heterocycles. The van der Waals surface area contributed by atoms with Crippen molar-refractivity contribution in [2.75, 3.05) is 12.4 Å². The first kappa shape index (κ1) is 15.3. The average Bonchev–Trinajstić information content (AvgIpc) is 2.33. The Balaban J connectivity index is 2.13. The lowest BCUT2D eigenvalue weighted by atomic mass is 10.0. The van der Waals surface area contributed by atoms with Crippen LogP contribution < -0.4 is 5.73 Å². The van der Waals surface area contributed by atoms with Gasteiger partial charge < -0.3 is 10.5 Å². The minimum Gasteiger partial charge on any atom is -0.456 e. The number of rotatable bonds is 2. The summed E-state index contributed by atoms with van der Waals surface area (Å²) >= 11 is 18.1. The lowest BCUT2D eigenvalue weighted by Gasteiger charge is -2.48. The maximum Gasteiger partial charge on any atom is 0.355 e. The third-order valence-corrected chi connectivity index (χ3v) is 4.53. The fourth-order valence-corrected chi connectivity index (χ4v) is 3.28. The van der Waals surface area contributed by atoms with Crippen molar-refractivity contribution in [3.8, 4) is 0 Å². The quantitative estimate of drug-likeness (QED) is 0.465. The van der Waals surface area contributed by atoms with Crippen molar-refractivity contribution in [3.63, 3.8) is 0 Å². The zero-order valence-corrected chi connectivity index (χ0v) is 12.9. The Morgan fingerprint density at radius 2 is 2.21 bits per heavy atom. The molecule has 0 radical (unpaired) electrons. The van der Waals surface area contributed by atoms with Crippen LogP contribution in [0.25, 0.3) is 0 Å². The molecule has 0 aliphatic carbocycles. The Morgan fingerprint density at radius 1 is 1.58 bits per heavy atom. The summed E-state index contributed by atoms with van der Waals surface area (Å²) in [5.41, 5.74) is 6.64. The lowest BCUT2D eigenvalue weighted by Crippen LogP contribution is -2.68. The largest absolute Gasteiger partial charge is 0.456 e. The van der Waals surface area contributed by atoms with Crippen LogP contribution in [-0.4, -0.2) is 44.3 Å². The van der Waals surface area contributed by atoms with Crippen LogP contribution in [0.1, 0.15) is 6.92 Å². The summed E-state index contributed by atoms with van der Waals surface area (Å²) in [7, 11) is 0. The topological polar surface area (TPSA) is 72.6 Å². The number of hydrogen-bond donors (Lipinski definition) is 1. The molecular weight excluding hydrogens is 335 g/mol. The Hall–Kier alpha value is -0.140. The van der Waals surface area contributed by atoms with E-state index in [2.05, 4.69) is 0 Å². The number of thioether (sulfide) groups is 1. The van der Waals surface area contributed by atoms with Gasteiger partial charge in [0.2, 0.25) is 9.70 Å². The van der Waals surface area contributed by atoms with Gasteiger partial charge in [0, 0.05) is 5.75 Å². The molecule has 2 aliphatic rings. The highest BCUT2D eigenvalue weighted by atomic mass is 35.6. The summed E-state index contributed by atoms with van der Waals surface area (Å²) < 4.78 is 3.24. The fourth-order valence-electron chi connectivity index (χ4n) is 1.87. The van der Waals surface area contributed by atoms with E-state index in [9.17, 15) is 9.59 Å². The van der Waals surface area contributed by atoms with Crippen molar-refractivity contribution in [2.45, 2.75) is 22.1 Å². The van der Waals surface area contributed by atoms with Crippen molar-refractivity contribution >= 4 is 58.4 Å². The number of esters is 1. The number of carbonyl (C=O) groups is 2. The van der Waals surface area contributed by atoms with Gasteiger partial charge in [-0.1, -0.05) is 34.8 Å². The summed E-state index contributed by atoms with van der Waals surface area (Å²) in [6, 6.07) is -0.575. The summed E-state index contributed by atoms with van der Waals surface area (Å²) in [6.07, 6.45) is 0. The Morgan fingerprint density at radius 3 is 2.79 bits per heavy atom. The van der Waals surface area contributed by atoms with Gasteiger partial charge in [-0.25, -0.2) is 4.79 Å². The number of nitrogens with zero attached hydrogens (tertiary/aromatic N) is 1. The highest BCUT2D eigenvalue weighted by molar-refractivity contribution is 8.00. The van der Waals surface area contributed by atoms with E-state index in [0.717, 1.165) is 5.57 Å². The molecule has 1 amide bonds. The van der Waals surface area contributed by atoms with Crippen LogP contribution >= 0.6 is 46.6 Å². The predicted molar refractivity (Wildman–Crippen MR) is 75.0 cm³/mol. The van der Waals surface area contributed by atoms with Crippen LogP contribution in [0, 0.1) is 0 Å². The van der Waals surface area contributed by atoms with E-state index in [-0.39, 0.29) is 23.6 Å². The summed E-state index contributed by atoms with van der Waals surface area (Å²) in [5.74, 6) is -0.355.